The molecule has 4 rings (SSSR count). The fraction of sp³-hybridized carbons (Fsp3) is 0.208. The Bertz CT molecular complexity index is 970. The van der Waals surface area contributed by atoms with Gasteiger partial charge in [0.2, 0.25) is 0 Å². The fourth-order valence-electron chi connectivity index (χ4n) is 3.82. The lowest BCUT2D eigenvalue weighted by Crippen LogP contribution is -2.51. The molecule has 0 atom stereocenters. The topological polar surface area (TPSA) is 35.6 Å². The van der Waals surface area contributed by atoms with Crippen molar-refractivity contribution in [3.8, 4) is 0 Å². The zero-order chi connectivity index (χ0) is 21.8. The van der Waals surface area contributed by atoms with Gasteiger partial charge in [0, 0.05) is 31.9 Å². The van der Waals surface area contributed by atoms with Gasteiger partial charge in [0.15, 0.2) is 0 Å². The van der Waals surface area contributed by atoms with Gasteiger partial charge in [0.1, 0.15) is 17.5 Å². The fourth-order valence-corrected chi connectivity index (χ4v) is 3.82. The van der Waals surface area contributed by atoms with Crippen LogP contribution in [0.4, 0.5) is 23.7 Å². The molecule has 0 unspecified atom stereocenters. The Labute approximate surface area is 178 Å². The number of nitrogens with one attached hydrogen (secondary N) is 1. The Kier molecular flexibility index (Phi) is 6.23. The molecule has 1 N–H and O–H groups in total. The van der Waals surface area contributed by atoms with Gasteiger partial charge in [0.05, 0.1) is 6.04 Å². The average molecular weight is 425 g/mol. The first kappa shape index (κ1) is 20.9. The third-order valence-corrected chi connectivity index (χ3v) is 5.43. The highest BCUT2D eigenvalue weighted by Crippen LogP contribution is 2.30. The van der Waals surface area contributed by atoms with E-state index < -0.39 is 0 Å². The van der Waals surface area contributed by atoms with E-state index in [0.717, 1.165) is 11.1 Å². The molecule has 31 heavy (non-hydrogen) atoms. The molecule has 4 nitrogen and oxygen atoms in total. The molecule has 0 saturated carbocycles. The highest BCUT2D eigenvalue weighted by molar-refractivity contribution is 5.89. The molecule has 0 spiro atoms. The van der Waals surface area contributed by atoms with Crippen molar-refractivity contribution >= 4 is 11.7 Å². The summed E-state index contributed by atoms with van der Waals surface area (Å²) in [4.78, 5) is 16.5. The van der Waals surface area contributed by atoms with Gasteiger partial charge in [-0.3, -0.25) is 4.90 Å². The maximum absolute atomic E-state index is 13.5. The molecular formula is C24H22F3N3O. The maximum atomic E-state index is 13.5. The summed E-state index contributed by atoms with van der Waals surface area (Å²) in [6, 6.07) is 17.8. The number of anilines is 1. The van der Waals surface area contributed by atoms with Gasteiger partial charge in [-0.05, 0) is 59.7 Å². The number of carbonyl (C=O) groups is 1. The Morgan fingerprint density at radius 2 is 1.10 bits per heavy atom. The summed E-state index contributed by atoms with van der Waals surface area (Å²) in [5.74, 6) is -0.993. The van der Waals surface area contributed by atoms with Crippen LogP contribution in [-0.2, 0) is 0 Å². The normalized spacial score (nSPS) is 14.6. The van der Waals surface area contributed by atoms with Crippen molar-refractivity contribution in [3.05, 3.63) is 101 Å². The van der Waals surface area contributed by atoms with Crippen LogP contribution < -0.4 is 5.32 Å². The first-order chi connectivity index (χ1) is 15.0. The minimum Gasteiger partial charge on any atom is -0.322 e. The molecule has 1 heterocycles. The van der Waals surface area contributed by atoms with Crippen LogP contribution in [0.3, 0.4) is 0 Å². The van der Waals surface area contributed by atoms with Crippen molar-refractivity contribution in [2.24, 2.45) is 0 Å². The standard InChI is InChI=1S/C24H22F3N3O/c25-19-5-1-17(2-6-19)23(18-3-7-20(26)8-4-18)29-13-15-30(16-14-29)24(31)28-22-11-9-21(27)10-12-22/h1-12,23H,13-16H2,(H,28,31). The summed E-state index contributed by atoms with van der Waals surface area (Å²) in [6.45, 7) is 2.17. The van der Waals surface area contributed by atoms with Crippen molar-refractivity contribution in [1.29, 1.82) is 0 Å². The summed E-state index contributed by atoms with van der Waals surface area (Å²) < 4.78 is 40.0. The third kappa shape index (κ3) is 5.06. The number of urea groups is 1. The molecule has 0 aliphatic carbocycles. The monoisotopic (exact) mass is 425 g/mol. The molecular weight excluding hydrogens is 403 g/mol. The van der Waals surface area contributed by atoms with Gasteiger partial charge in [-0.15, -0.1) is 0 Å². The summed E-state index contributed by atoms with van der Waals surface area (Å²) in [6.07, 6.45) is 0. The van der Waals surface area contributed by atoms with Crippen molar-refractivity contribution in [1.82, 2.24) is 9.80 Å². The Morgan fingerprint density at radius 3 is 1.55 bits per heavy atom. The molecule has 7 heteroatoms. The van der Waals surface area contributed by atoms with Crippen molar-refractivity contribution < 1.29 is 18.0 Å². The quantitative estimate of drug-likeness (QED) is 0.636. The molecule has 0 radical (unpaired) electrons. The predicted octanol–water partition coefficient (Wildman–Crippen LogP) is 5.04. The van der Waals surface area contributed by atoms with Crippen LogP contribution >= 0.6 is 0 Å². The summed E-state index contributed by atoms with van der Waals surface area (Å²) in [7, 11) is 0. The number of amides is 2. The summed E-state index contributed by atoms with van der Waals surface area (Å²) in [5.41, 5.74) is 2.33. The van der Waals surface area contributed by atoms with E-state index >= 15 is 0 Å². The largest absolute Gasteiger partial charge is 0.322 e. The number of hydrogen-bond acceptors (Lipinski definition) is 2. The van der Waals surface area contributed by atoms with E-state index in [1.807, 2.05) is 0 Å². The van der Waals surface area contributed by atoms with Gasteiger partial charge in [-0.25, -0.2) is 18.0 Å². The summed E-state index contributed by atoms with van der Waals surface area (Å²) >= 11 is 0. The minimum atomic E-state index is -0.362. The molecule has 1 aliphatic rings. The minimum absolute atomic E-state index is 0.177. The van der Waals surface area contributed by atoms with Crippen molar-refractivity contribution in [3.63, 3.8) is 0 Å². The number of carbonyl (C=O) groups excluding carboxylic acids is 1. The van der Waals surface area contributed by atoms with Gasteiger partial charge in [-0.2, -0.15) is 0 Å². The van der Waals surface area contributed by atoms with E-state index in [2.05, 4.69) is 10.2 Å². The Hall–Kier alpha value is -3.32. The molecule has 2 amide bonds. The Balaban J connectivity index is 1.47. The van der Waals surface area contributed by atoms with Crippen LogP contribution in [0.15, 0.2) is 72.8 Å². The van der Waals surface area contributed by atoms with Gasteiger partial charge in [0.25, 0.3) is 0 Å². The number of hydrogen-bond donors (Lipinski definition) is 1. The zero-order valence-corrected chi connectivity index (χ0v) is 16.8. The average Bonchev–Trinajstić information content (AvgIpc) is 2.78. The first-order valence-corrected chi connectivity index (χ1v) is 10.1. The van der Waals surface area contributed by atoms with Crippen LogP contribution in [0, 0.1) is 17.5 Å². The molecule has 3 aromatic carbocycles. The smallest absolute Gasteiger partial charge is 0.321 e. The van der Waals surface area contributed by atoms with E-state index in [1.165, 1.54) is 48.5 Å². The number of halogens is 3. The number of rotatable bonds is 4. The van der Waals surface area contributed by atoms with Crippen molar-refractivity contribution in [2.45, 2.75) is 6.04 Å². The van der Waals surface area contributed by atoms with Gasteiger partial charge in [-0.1, -0.05) is 24.3 Å². The van der Waals surface area contributed by atoms with E-state index in [1.54, 1.807) is 29.2 Å². The highest BCUT2D eigenvalue weighted by Gasteiger charge is 2.28. The SMILES string of the molecule is O=C(Nc1ccc(F)cc1)N1CCN(C(c2ccc(F)cc2)c2ccc(F)cc2)CC1. The third-order valence-electron chi connectivity index (χ3n) is 5.43. The van der Waals surface area contributed by atoms with E-state index in [9.17, 15) is 18.0 Å². The first-order valence-electron chi connectivity index (χ1n) is 10.1. The van der Waals surface area contributed by atoms with Gasteiger partial charge < -0.3 is 10.2 Å². The van der Waals surface area contributed by atoms with Crippen molar-refractivity contribution in [2.75, 3.05) is 31.5 Å². The molecule has 160 valence electrons. The second kappa shape index (κ2) is 9.22. The Morgan fingerprint density at radius 1 is 0.677 bits per heavy atom. The second-order valence-electron chi connectivity index (χ2n) is 7.47. The molecule has 3 aromatic rings. The number of benzene rings is 3. The van der Waals surface area contributed by atoms with Crippen LogP contribution in [0.2, 0.25) is 0 Å². The maximum Gasteiger partial charge on any atom is 0.321 e. The molecule has 0 aromatic heterocycles. The van der Waals surface area contributed by atoms with Crippen LogP contribution in [0.25, 0.3) is 0 Å². The molecule has 0 bridgehead atoms. The molecule has 1 saturated heterocycles. The van der Waals surface area contributed by atoms with Crippen LogP contribution in [-0.4, -0.2) is 42.0 Å². The molecule has 1 aliphatic heterocycles. The lowest BCUT2D eigenvalue weighted by atomic mass is 9.96. The summed E-state index contributed by atoms with van der Waals surface area (Å²) in [5, 5.41) is 2.78. The van der Waals surface area contributed by atoms with E-state index in [-0.39, 0.29) is 29.5 Å². The zero-order valence-electron chi connectivity index (χ0n) is 16.8. The van der Waals surface area contributed by atoms with E-state index in [0.29, 0.717) is 31.9 Å². The highest BCUT2D eigenvalue weighted by atomic mass is 19.1. The van der Waals surface area contributed by atoms with Gasteiger partial charge >= 0.3 is 6.03 Å². The van der Waals surface area contributed by atoms with E-state index in [4.69, 9.17) is 0 Å². The predicted molar refractivity (Wildman–Crippen MR) is 113 cm³/mol. The molecule has 1 fully saturated rings. The number of nitrogens with zero attached hydrogens (tertiary/aromatic N) is 2. The lowest BCUT2D eigenvalue weighted by molar-refractivity contribution is 0.126. The van der Waals surface area contributed by atoms with Crippen LogP contribution in [0.5, 0.6) is 0 Å². The van der Waals surface area contributed by atoms with Crippen LogP contribution in [0.1, 0.15) is 17.2 Å². The lowest BCUT2D eigenvalue weighted by Gasteiger charge is -2.39. The number of piperazine rings is 1. The second-order valence-corrected chi connectivity index (χ2v) is 7.47.